The van der Waals surface area contributed by atoms with E-state index in [4.69, 9.17) is 4.74 Å². The number of hydrogen-bond donors (Lipinski definition) is 2. The van der Waals surface area contributed by atoms with Crippen LogP contribution in [-0.2, 0) is 0 Å². The monoisotopic (exact) mass is 389 g/mol. The van der Waals surface area contributed by atoms with Crippen LogP contribution >= 0.6 is 0 Å². The second-order valence-electron chi connectivity index (χ2n) is 6.38. The van der Waals surface area contributed by atoms with E-state index in [9.17, 15) is 10.4 Å². The van der Waals surface area contributed by atoms with Crippen molar-refractivity contribution in [1.82, 2.24) is 0 Å². The number of nitrogens with zero attached hydrogens (tertiary/aromatic N) is 3. The average molecular weight is 389 g/mol. The first-order valence-corrected chi connectivity index (χ1v) is 9.17. The highest BCUT2D eigenvalue weighted by atomic mass is 16.5. The van der Waals surface area contributed by atoms with E-state index in [1.54, 1.807) is 7.11 Å². The van der Waals surface area contributed by atoms with E-state index in [0.717, 1.165) is 22.6 Å². The SMILES string of the molecule is COc1ccc(N(C/C(=N/O)c2ccccc2)C/C(=N/O)c2ccccc2)cc1. The molecule has 0 spiro atoms. The molecule has 3 rings (SSSR count). The molecule has 0 unspecified atom stereocenters. The normalized spacial score (nSPS) is 11.9. The predicted octanol–water partition coefficient (Wildman–Crippen LogP) is 4.26. The first-order chi connectivity index (χ1) is 14.2. The highest BCUT2D eigenvalue weighted by Gasteiger charge is 2.16. The zero-order chi connectivity index (χ0) is 20.5. The van der Waals surface area contributed by atoms with Crippen molar-refractivity contribution >= 4 is 17.1 Å². The largest absolute Gasteiger partial charge is 0.497 e. The summed E-state index contributed by atoms with van der Waals surface area (Å²) in [4.78, 5) is 1.98. The fraction of sp³-hybridized carbons (Fsp3) is 0.130. The summed E-state index contributed by atoms with van der Waals surface area (Å²) < 4.78 is 5.25. The quantitative estimate of drug-likeness (QED) is 0.343. The van der Waals surface area contributed by atoms with Crippen LogP contribution in [0.4, 0.5) is 5.69 Å². The van der Waals surface area contributed by atoms with Gasteiger partial charge in [0.05, 0.1) is 20.2 Å². The van der Waals surface area contributed by atoms with Crippen LogP contribution in [0.1, 0.15) is 11.1 Å². The van der Waals surface area contributed by atoms with Gasteiger partial charge in [0.2, 0.25) is 0 Å². The molecular formula is C23H23N3O3. The standard InChI is InChI=1S/C23H23N3O3/c1-29-21-14-12-20(13-15-21)26(16-22(24-27)18-8-4-2-5-9-18)17-23(25-28)19-10-6-3-7-11-19/h2-15,27-28H,16-17H2,1H3/b24-22-,25-23-. The van der Waals surface area contributed by atoms with E-state index in [1.807, 2.05) is 89.8 Å². The highest BCUT2D eigenvalue weighted by Crippen LogP contribution is 2.21. The minimum atomic E-state index is 0.318. The molecule has 3 aromatic rings. The topological polar surface area (TPSA) is 77.7 Å². The Morgan fingerprint density at radius 1 is 0.724 bits per heavy atom. The fourth-order valence-corrected chi connectivity index (χ4v) is 3.02. The molecule has 3 aromatic carbocycles. The third-order valence-electron chi connectivity index (χ3n) is 4.57. The van der Waals surface area contributed by atoms with Crippen molar-refractivity contribution in [3.63, 3.8) is 0 Å². The first kappa shape index (κ1) is 19.9. The Morgan fingerprint density at radius 3 is 1.55 bits per heavy atom. The molecule has 0 aliphatic carbocycles. The smallest absolute Gasteiger partial charge is 0.119 e. The summed E-state index contributed by atoms with van der Waals surface area (Å²) in [5.74, 6) is 0.743. The van der Waals surface area contributed by atoms with Gasteiger partial charge in [-0.05, 0) is 24.3 Å². The van der Waals surface area contributed by atoms with Crippen LogP contribution in [0.2, 0.25) is 0 Å². The molecule has 2 N–H and O–H groups in total. The maximum atomic E-state index is 9.63. The van der Waals surface area contributed by atoms with E-state index in [0.29, 0.717) is 24.5 Å². The third kappa shape index (κ3) is 5.13. The molecule has 0 amide bonds. The van der Waals surface area contributed by atoms with Crippen molar-refractivity contribution in [1.29, 1.82) is 0 Å². The molecule has 0 aliphatic rings. The lowest BCUT2D eigenvalue weighted by molar-refractivity contribution is 0.318. The maximum absolute atomic E-state index is 9.63. The van der Waals surface area contributed by atoms with E-state index in [-0.39, 0.29) is 0 Å². The van der Waals surface area contributed by atoms with Crippen molar-refractivity contribution in [2.24, 2.45) is 10.3 Å². The van der Waals surface area contributed by atoms with Crippen molar-refractivity contribution in [2.75, 3.05) is 25.1 Å². The molecule has 0 aromatic heterocycles. The summed E-state index contributed by atoms with van der Waals surface area (Å²) in [5, 5.41) is 26.3. The number of benzene rings is 3. The first-order valence-electron chi connectivity index (χ1n) is 9.17. The number of oxime groups is 2. The Kier molecular flexibility index (Phi) is 6.84. The zero-order valence-corrected chi connectivity index (χ0v) is 16.1. The molecule has 0 radical (unpaired) electrons. The Balaban J connectivity index is 1.92. The highest BCUT2D eigenvalue weighted by molar-refractivity contribution is 6.06. The molecular weight excluding hydrogens is 366 g/mol. The van der Waals surface area contributed by atoms with E-state index in [2.05, 4.69) is 10.3 Å². The second-order valence-corrected chi connectivity index (χ2v) is 6.38. The van der Waals surface area contributed by atoms with Crippen molar-refractivity contribution < 1.29 is 15.2 Å². The van der Waals surface area contributed by atoms with Crippen LogP contribution in [-0.4, -0.2) is 42.0 Å². The summed E-state index contributed by atoms with van der Waals surface area (Å²) in [6, 6.07) is 26.5. The number of rotatable bonds is 8. The average Bonchev–Trinajstić information content (AvgIpc) is 2.80. The Morgan fingerprint density at radius 2 is 1.17 bits per heavy atom. The summed E-state index contributed by atoms with van der Waals surface area (Å²) in [6.45, 7) is 0.636. The van der Waals surface area contributed by atoms with Gasteiger partial charge in [-0.3, -0.25) is 0 Å². The summed E-state index contributed by atoms with van der Waals surface area (Å²) in [5.41, 5.74) is 3.52. The number of anilines is 1. The van der Waals surface area contributed by atoms with Gasteiger partial charge in [-0.15, -0.1) is 0 Å². The Labute approximate surface area is 170 Å². The van der Waals surface area contributed by atoms with Crippen molar-refractivity contribution in [2.45, 2.75) is 0 Å². The van der Waals surface area contributed by atoms with Gasteiger partial charge in [-0.25, -0.2) is 0 Å². The van der Waals surface area contributed by atoms with Gasteiger partial charge in [0.1, 0.15) is 17.2 Å². The van der Waals surface area contributed by atoms with Gasteiger partial charge in [0, 0.05) is 16.8 Å². The lowest BCUT2D eigenvalue weighted by Crippen LogP contribution is -2.35. The number of hydrogen-bond acceptors (Lipinski definition) is 6. The van der Waals surface area contributed by atoms with Gasteiger partial charge in [-0.2, -0.15) is 0 Å². The van der Waals surface area contributed by atoms with Crippen LogP contribution in [0.5, 0.6) is 5.75 Å². The van der Waals surface area contributed by atoms with Gasteiger partial charge in [0.25, 0.3) is 0 Å². The zero-order valence-electron chi connectivity index (χ0n) is 16.1. The van der Waals surface area contributed by atoms with Crippen LogP contribution in [0.3, 0.4) is 0 Å². The van der Waals surface area contributed by atoms with Crippen LogP contribution < -0.4 is 9.64 Å². The minimum absolute atomic E-state index is 0.318. The number of ether oxygens (including phenoxy) is 1. The third-order valence-corrected chi connectivity index (χ3v) is 4.57. The molecule has 0 saturated heterocycles. The summed E-state index contributed by atoms with van der Waals surface area (Å²) in [6.07, 6.45) is 0. The van der Waals surface area contributed by atoms with E-state index >= 15 is 0 Å². The molecule has 0 fully saturated rings. The molecule has 0 aliphatic heterocycles. The second kappa shape index (κ2) is 9.94. The predicted molar refractivity (Wildman–Crippen MR) is 115 cm³/mol. The summed E-state index contributed by atoms with van der Waals surface area (Å²) in [7, 11) is 1.62. The molecule has 0 atom stereocenters. The Bertz CT molecular complexity index is 898. The van der Waals surface area contributed by atoms with Crippen molar-refractivity contribution in [3.8, 4) is 5.75 Å². The van der Waals surface area contributed by atoms with E-state index in [1.165, 1.54) is 0 Å². The maximum Gasteiger partial charge on any atom is 0.119 e. The van der Waals surface area contributed by atoms with E-state index < -0.39 is 0 Å². The molecule has 0 heterocycles. The van der Waals surface area contributed by atoms with Gasteiger partial charge >= 0.3 is 0 Å². The van der Waals surface area contributed by atoms with Crippen molar-refractivity contribution in [3.05, 3.63) is 96.1 Å². The minimum Gasteiger partial charge on any atom is -0.497 e. The number of methoxy groups -OCH3 is 1. The van der Waals surface area contributed by atoms with Crippen LogP contribution in [0, 0.1) is 0 Å². The molecule has 6 nitrogen and oxygen atoms in total. The van der Waals surface area contributed by atoms with Gasteiger partial charge in [-0.1, -0.05) is 71.0 Å². The van der Waals surface area contributed by atoms with Gasteiger partial charge < -0.3 is 20.1 Å². The van der Waals surface area contributed by atoms with Gasteiger partial charge in [0.15, 0.2) is 0 Å². The Hall–Kier alpha value is -3.80. The summed E-state index contributed by atoms with van der Waals surface area (Å²) >= 11 is 0. The van der Waals surface area contributed by atoms with Crippen LogP contribution in [0.15, 0.2) is 95.2 Å². The molecule has 0 bridgehead atoms. The molecule has 148 valence electrons. The van der Waals surface area contributed by atoms with Crippen LogP contribution in [0.25, 0.3) is 0 Å². The lowest BCUT2D eigenvalue weighted by atomic mass is 10.1. The molecule has 29 heavy (non-hydrogen) atoms. The fourth-order valence-electron chi connectivity index (χ4n) is 3.02. The molecule has 6 heteroatoms. The lowest BCUT2D eigenvalue weighted by Gasteiger charge is -2.26. The molecule has 0 saturated carbocycles.